The Kier molecular flexibility index (Phi) is 4.50. The van der Waals surface area contributed by atoms with Gasteiger partial charge in [-0.2, -0.15) is 0 Å². The van der Waals surface area contributed by atoms with Crippen molar-refractivity contribution >= 4 is 37.5 Å². The fourth-order valence-corrected chi connectivity index (χ4v) is 3.30. The molecule has 0 bridgehead atoms. The number of hydrogen-bond donors (Lipinski definition) is 1. The first-order chi connectivity index (χ1) is 10.1. The number of pyridine rings is 1. The minimum atomic E-state index is 0.247. The summed E-state index contributed by atoms with van der Waals surface area (Å²) in [6.07, 6.45) is 2.08. The molecular weight excluding hydrogens is 396 g/mol. The maximum Gasteiger partial charge on any atom is 0.125 e. The van der Waals surface area contributed by atoms with Crippen LogP contribution in [0.25, 0.3) is 0 Å². The number of ether oxygens (including phenoxy) is 1. The third-order valence-corrected chi connectivity index (χ3v) is 4.56. The van der Waals surface area contributed by atoms with E-state index in [-0.39, 0.29) is 6.04 Å². The van der Waals surface area contributed by atoms with Gasteiger partial charge in [0, 0.05) is 10.0 Å². The Bertz CT molecular complexity index is 661. The predicted octanol–water partition coefficient (Wildman–Crippen LogP) is 5.24. The molecule has 0 radical (unpaired) electrons. The monoisotopic (exact) mass is 410 g/mol. The van der Waals surface area contributed by atoms with Crippen molar-refractivity contribution in [1.82, 2.24) is 4.98 Å². The van der Waals surface area contributed by atoms with Gasteiger partial charge in [0.05, 0.1) is 24.0 Å². The lowest BCUT2D eigenvalue weighted by atomic mass is 10.0. The van der Waals surface area contributed by atoms with Crippen LogP contribution < -0.4 is 10.1 Å². The highest BCUT2D eigenvalue weighted by molar-refractivity contribution is 9.10. The molecule has 2 aromatic rings. The van der Waals surface area contributed by atoms with E-state index in [0.29, 0.717) is 0 Å². The van der Waals surface area contributed by atoms with Crippen LogP contribution in [0.3, 0.4) is 0 Å². The van der Waals surface area contributed by atoms with Crippen molar-refractivity contribution in [2.24, 2.45) is 0 Å². The topological polar surface area (TPSA) is 34.2 Å². The van der Waals surface area contributed by atoms with Crippen LogP contribution in [0.4, 0.5) is 5.69 Å². The first-order valence-electron chi connectivity index (χ1n) is 6.95. The lowest BCUT2D eigenvalue weighted by Gasteiger charge is -2.20. The van der Waals surface area contributed by atoms with Crippen molar-refractivity contribution in [3.05, 3.63) is 50.7 Å². The van der Waals surface area contributed by atoms with E-state index < -0.39 is 0 Å². The second kappa shape index (κ2) is 6.36. The Morgan fingerprint density at radius 3 is 2.90 bits per heavy atom. The average Bonchev–Trinajstić information content (AvgIpc) is 2.64. The third kappa shape index (κ3) is 3.40. The molecule has 1 aromatic heterocycles. The normalized spacial score (nSPS) is 17.6. The Balaban J connectivity index is 1.92. The highest BCUT2D eigenvalue weighted by Gasteiger charge is 2.20. The van der Waals surface area contributed by atoms with Crippen LogP contribution in [0.2, 0.25) is 0 Å². The molecule has 1 atom stereocenters. The molecule has 3 rings (SSSR count). The zero-order valence-corrected chi connectivity index (χ0v) is 14.9. The Labute approximate surface area is 141 Å². The molecule has 1 N–H and O–H groups in total. The summed E-state index contributed by atoms with van der Waals surface area (Å²) in [6, 6.07) is 10.5. The molecule has 1 aromatic carbocycles. The summed E-state index contributed by atoms with van der Waals surface area (Å²) < 4.78 is 7.76. The SMILES string of the molecule is Cc1nc(Br)ccc1NC1CCCOc2cc(Br)ccc21. The van der Waals surface area contributed by atoms with Gasteiger partial charge >= 0.3 is 0 Å². The van der Waals surface area contributed by atoms with Crippen LogP contribution in [-0.4, -0.2) is 11.6 Å². The molecular formula is C16H16Br2N2O. The van der Waals surface area contributed by atoms with Crippen LogP contribution in [-0.2, 0) is 0 Å². The molecule has 3 nitrogen and oxygen atoms in total. The van der Waals surface area contributed by atoms with Crippen LogP contribution in [0.1, 0.15) is 30.1 Å². The van der Waals surface area contributed by atoms with Crippen molar-refractivity contribution in [1.29, 1.82) is 0 Å². The largest absolute Gasteiger partial charge is 0.493 e. The molecule has 1 aliphatic heterocycles. The average molecular weight is 412 g/mol. The van der Waals surface area contributed by atoms with Crippen molar-refractivity contribution in [3.8, 4) is 5.75 Å². The van der Waals surface area contributed by atoms with Crippen molar-refractivity contribution in [2.45, 2.75) is 25.8 Å². The van der Waals surface area contributed by atoms with E-state index in [2.05, 4.69) is 60.4 Å². The maximum atomic E-state index is 5.85. The molecule has 5 heteroatoms. The number of aromatic nitrogens is 1. The molecule has 0 saturated heterocycles. The first-order valence-corrected chi connectivity index (χ1v) is 8.54. The zero-order valence-electron chi connectivity index (χ0n) is 11.7. The summed E-state index contributed by atoms with van der Waals surface area (Å²) in [5, 5.41) is 3.61. The zero-order chi connectivity index (χ0) is 14.8. The van der Waals surface area contributed by atoms with E-state index >= 15 is 0 Å². The lowest BCUT2D eigenvalue weighted by molar-refractivity contribution is 0.316. The van der Waals surface area contributed by atoms with Gasteiger partial charge in [0.1, 0.15) is 10.4 Å². The van der Waals surface area contributed by atoms with Gasteiger partial charge in [-0.25, -0.2) is 4.98 Å². The number of fused-ring (bicyclic) bond motifs is 1. The maximum absolute atomic E-state index is 5.85. The van der Waals surface area contributed by atoms with Crippen molar-refractivity contribution < 1.29 is 4.74 Å². The van der Waals surface area contributed by atoms with Gasteiger partial charge in [0.2, 0.25) is 0 Å². The second-order valence-electron chi connectivity index (χ2n) is 5.14. The fraction of sp³-hybridized carbons (Fsp3) is 0.312. The van der Waals surface area contributed by atoms with Crippen molar-refractivity contribution in [3.63, 3.8) is 0 Å². The summed E-state index contributed by atoms with van der Waals surface area (Å²) in [4.78, 5) is 4.45. The minimum absolute atomic E-state index is 0.247. The van der Waals surface area contributed by atoms with Crippen molar-refractivity contribution in [2.75, 3.05) is 11.9 Å². The summed E-state index contributed by atoms with van der Waals surface area (Å²) in [6.45, 7) is 2.78. The van der Waals surface area contributed by atoms with Gasteiger partial charge in [-0.15, -0.1) is 0 Å². The molecule has 2 heterocycles. The number of nitrogens with zero attached hydrogens (tertiary/aromatic N) is 1. The minimum Gasteiger partial charge on any atom is -0.493 e. The van der Waals surface area contributed by atoms with E-state index in [9.17, 15) is 0 Å². The molecule has 21 heavy (non-hydrogen) atoms. The van der Waals surface area contributed by atoms with E-state index in [1.165, 1.54) is 5.56 Å². The molecule has 0 spiro atoms. The quantitative estimate of drug-likeness (QED) is 0.686. The number of rotatable bonds is 2. The molecule has 110 valence electrons. The lowest BCUT2D eigenvalue weighted by Crippen LogP contribution is -2.11. The molecule has 0 fully saturated rings. The summed E-state index contributed by atoms with van der Waals surface area (Å²) >= 11 is 6.91. The predicted molar refractivity (Wildman–Crippen MR) is 91.9 cm³/mol. The highest BCUT2D eigenvalue weighted by atomic mass is 79.9. The summed E-state index contributed by atoms with van der Waals surface area (Å²) in [5.74, 6) is 0.960. The molecule has 0 aliphatic carbocycles. The Morgan fingerprint density at radius 2 is 2.10 bits per heavy atom. The number of nitrogens with one attached hydrogen (secondary N) is 1. The summed E-state index contributed by atoms with van der Waals surface area (Å²) in [5.41, 5.74) is 3.27. The molecule has 0 amide bonds. The van der Waals surface area contributed by atoms with Gasteiger partial charge in [0.25, 0.3) is 0 Å². The Hall–Kier alpha value is -1.07. The van der Waals surface area contributed by atoms with Gasteiger partial charge in [-0.1, -0.05) is 22.0 Å². The Morgan fingerprint density at radius 1 is 1.24 bits per heavy atom. The van der Waals surface area contributed by atoms with Gasteiger partial charge in [-0.3, -0.25) is 0 Å². The smallest absolute Gasteiger partial charge is 0.125 e. The van der Waals surface area contributed by atoms with Gasteiger partial charge in [-0.05, 0) is 60.0 Å². The summed E-state index contributed by atoms with van der Waals surface area (Å²) in [7, 11) is 0. The fourth-order valence-electron chi connectivity index (χ4n) is 2.57. The molecule has 0 saturated carbocycles. The van der Waals surface area contributed by atoms with E-state index in [0.717, 1.165) is 45.7 Å². The van der Waals surface area contributed by atoms with Crippen LogP contribution in [0.5, 0.6) is 5.75 Å². The second-order valence-corrected chi connectivity index (χ2v) is 6.86. The molecule has 1 aliphatic rings. The number of hydrogen-bond acceptors (Lipinski definition) is 3. The number of aryl methyl sites for hydroxylation is 1. The third-order valence-electron chi connectivity index (χ3n) is 3.63. The number of halogens is 2. The number of benzene rings is 1. The van der Waals surface area contributed by atoms with E-state index in [4.69, 9.17) is 4.74 Å². The van der Waals surface area contributed by atoms with Crippen LogP contribution in [0, 0.1) is 6.92 Å². The highest BCUT2D eigenvalue weighted by Crippen LogP contribution is 2.36. The van der Waals surface area contributed by atoms with E-state index in [1.807, 2.05) is 19.1 Å². The van der Waals surface area contributed by atoms with Crippen LogP contribution in [0.15, 0.2) is 39.4 Å². The first kappa shape index (κ1) is 14.9. The van der Waals surface area contributed by atoms with Gasteiger partial charge in [0.15, 0.2) is 0 Å². The van der Waals surface area contributed by atoms with E-state index in [1.54, 1.807) is 0 Å². The standard InChI is InChI=1S/C16H16Br2N2O/c1-10-13(6-7-16(18)19-10)20-14-3-2-8-21-15-9-11(17)4-5-12(14)15/h4-7,9,14,20H,2-3,8H2,1H3. The molecule has 1 unspecified atom stereocenters. The van der Waals surface area contributed by atoms with Crippen LogP contribution >= 0.6 is 31.9 Å². The van der Waals surface area contributed by atoms with Gasteiger partial charge < -0.3 is 10.1 Å². The number of anilines is 1.